The van der Waals surface area contributed by atoms with Crippen LogP contribution in [0.2, 0.25) is 5.02 Å². The molecule has 0 bridgehead atoms. The van der Waals surface area contributed by atoms with Crippen molar-refractivity contribution in [1.29, 1.82) is 0 Å². The second-order valence-corrected chi connectivity index (χ2v) is 5.67. The van der Waals surface area contributed by atoms with Gasteiger partial charge in [-0.25, -0.2) is 4.98 Å². The van der Waals surface area contributed by atoms with Crippen LogP contribution in [0.4, 0.5) is 0 Å². The average molecular weight is 306 g/mol. The molecule has 1 heterocycles. The Morgan fingerprint density at radius 3 is 2.70 bits per heavy atom. The van der Waals surface area contributed by atoms with Gasteiger partial charge in [0.25, 0.3) is 0 Å². The topological polar surface area (TPSA) is 42.4 Å². The third-order valence-corrected chi connectivity index (χ3v) is 4.14. The van der Waals surface area contributed by atoms with Crippen LogP contribution in [0.15, 0.2) is 42.5 Å². The summed E-state index contributed by atoms with van der Waals surface area (Å²) in [5.74, 6) is 0.702. The SMILES string of the molecule is OCCOc1cccc2sc(-c3ccc(Cl)cc3)nc12. The van der Waals surface area contributed by atoms with Crippen molar-refractivity contribution in [3.8, 4) is 16.3 Å². The molecule has 2 aromatic carbocycles. The van der Waals surface area contributed by atoms with Crippen LogP contribution < -0.4 is 4.74 Å². The number of ether oxygens (including phenoxy) is 1. The van der Waals surface area contributed by atoms with Crippen molar-refractivity contribution >= 4 is 33.2 Å². The molecule has 0 amide bonds. The van der Waals surface area contributed by atoms with Crippen molar-refractivity contribution in [3.05, 3.63) is 47.5 Å². The predicted octanol–water partition coefficient (Wildman–Crippen LogP) is 3.99. The van der Waals surface area contributed by atoms with E-state index in [1.807, 2.05) is 42.5 Å². The lowest BCUT2D eigenvalue weighted by atomic mass is 10.2. The zero-order valence-electron chi connectivity index (χ0n) is 10.5. The monoisotopic (exact) mass is 305 g/mol. The van der Waals surface area contributed by atoms with Gasteiger partial charge in [0, 0.05) is 10.6 Å². The number of thiazole rings is 1. The zero-order valence-corrected chi connectivity index (χ0v) is 12.1. The van der Waals surface area contributed by atoms with Crippen LogP contribution in [0.3, 0.4) is 0 Å². The molecule has 0 aliphatic carbocycles. The van der Waals surface area contributed by atoms with Gasteiger partial charge in [0.15, 0.2) is 0 Å². The third-order valence-electron chi connectivity index (χ3n) is 2.82. The Morgan fingerprint density at radius 2 is 1.95 bits per heavy atom. The Morgan fingerprint density at radius 1 is 1.15 bits per heavy atom. The molecule has 0 aliphatic rings. The highest BCUT2D eigenvalue weighted by Crippen LogP contribution is 2.34. The Balaban J connectivity index is 2.03. The molecule has 0 aliphatic heterocycles. The standard InChI is InChI=1S/C15H12ClNO2S/c16-11-6-4-10(5-7-11)15-17-14-12(19-9-8-18)2-1-3-13(14)20-15/h1-7,18H,8-9H2. The summed E-state index contributed by atoms with van der Waals surface area (Å²) in [6.45, 7) is 0.261. The Hall–Kier alpha value is -1.62. The molecule has 3 aromatic rings. The van der Waals surface area contributed by atoms with E-state index in [4.69, 9.17) is 21.4 Å². The molecule has 5 heteroatoms. The van der Waals surface area contributed by atoms with Gasteiger partial charge in [0.1, 0.15) is 22.9 Å². The number of fused-ring (bicyclic) bond motifs is 1. The molecule has 102 valence electrons. The lowest BCUT2D eigenvalue weighted by Crippen LogP contribution is -2.01. The molecular formula is C15H12ClNO2S. The minimum Gasteiger partial charge on any atom is -0.489 e. The van der Waals surface area contributed by atoms with Crippen LogP contribution in [0.25, 0.3) is 20.8 Å². The summed E-state index contributed by atoms with van der Waals surface area (Å²) in [6.07, 6.45) is 0. The van der Waals surface area contributed by atoms with Gasteiger partial charge in [-0.1, -0.05) is 29.8 Å². The summed E-state index contributed by atoms with van der Waals surface area (Å²) in [6, 6.07) is 13.4. The van der Waals surface area contributed by atoms with E-state index in [0.717, 1.165) is 20.8 Å². The number of rotatable bonds is 4. The lowest BCUT2D eigenvalue weighted by Gasteiger charge is -2.03. The maximum Gasteiger partial charge on any atom is 0.146 e. The number of aliphatic hydroxyl groups is 1. The molecule has 0 fully saturated rings. The molecular weight excluding hydrogens is 294 g/mol. The summed E-state index contributed by atoms with van der Waals surface area (Å²) < 4.78 is 6.57. The number of aliphatic hydroxyl groups excluding tert-OH is 1. The smallest absolute Gasteiger partial charge is 0.146 e. The molecule has 3 nitrogen and oxygen atoms in total. The predicted molar refractivity (Wildman–Crippen MR) is 82.6 cm³/mol. The van der Waals surface area contributed by atoms with E-state index in [-0.39, 0.29) is 13.2 Å². The molecule has 3 rings (SSSR count). The number of hydrogen-bond donors (Lipinski definition) is 1. The van der Waals surface area contributed by atoms with E-state index < -0.39 is 0 Å². The van der Waals surface area contributed by atoms with Crippen LogP contribution >= 0.6 is 22.9 Å². The van der Waals surface area contributed by atoms with E-state index in [9.17, 15) is 0 Å². The van der Waals surface area contributed by atoms with Gasteiger partial charge in [-0.15, -0.1) is 11.3 Å². The minimum atomic E-state index is -0.00936. The van der Waals surface area contributed by atoms with E-state index in [1.165, 1.54) is 0 Å². The normalized spacial score (nSPS) is 10.9. The quantitative estimate of drug-likeness (QED) is 0.792. The maximum atomic E-state index is 8.85. The molecule has 0 radical (unpaired) electrons. The first-order valence-electron chi connectivity index (χ1n) is 6.17. The summed E-state index contributed by atoms with van der Waals surface area (Å²) in [7, 11) is 0. The van der Waals surface area contributed by atoms with Crippen LogP contribution in [0.1, 0.15) is 0 Å². The minimum absolute atomic E-state index is 0.00936. The Bertz CT molecular complexity index is 724. The van der Waals surface area contributed by atoms with Gasteiger partial charge in [-0.3, -0.25) is 0 Å². The van der Waals surface area contributed by atoms with Crippen molar-refractivity contribution in [2.75, 3.05) is 13.2 Å². The molecule has 20 heavy (non-hydrogen) atoms. The average Bonchev–Trinajstić information content (AvgIpc) is 2.90. The molecule has 0 saturated heterocycles. The molecule has 0 saturated carbocycles. The highest BCUT2D eigenvalue weighted by molar-refractivity contribution is 7.21. The van der Waals surface area contributed by atoms with E-state index in [1.54, 1.807) is 11.3 Å². The van der Waals surface area contributed by atoms with Crippen molar-refractivity contribution in [1.82, 2.24) is 4.98 Å². The van der Waals surface area contributed by atoms with E-state index in [2.05, 4.69) is 4.98 Å². The fourth-order valence-electron chi connectivity index (χ4n) is 1.91. The lowest BCUT2D eigenvalue weighted by molar-refractivity contribution is 0.202. The van der Waals surface area contributed by atoms with Crippen molar-refractivity contribution < 1.29 is 9.84 Å². The summed E-state index contributed by atoms with van der Waals surface area (Å²) in [5, 5.41) is 10.5. The fraction of sp³-hybridized carbons (Fsp3) is 0.133. The summed E-state index contributed by atoms with van der Waals surface area (Å²) >= 11 is 7.51. The zero-order chi connectivity index (χ0) is 13.9. The van der Waals surface area contributed by atoms with Crippen LogP contribution in [0.5, 0.6) is 5.75 Å². The number of hydrogen-bond acceptors (Lipinski definition) is 4. The highest BCUT2D eigenvalue weighted by Gasteiger charge is 2.10. The summed E-state index contributed by atoms with van der Waals surface area (Å²) in [5.41, 5.74) is 1.86. The van der Waals surface area contributed by atoms with Crippen molar-refractivity contribution in [2.24, 2.45) is 0 Å². The summed E-state index contributed by atoms with van der Waals surface area (Å²) in [4.78, 5) is 4.63. The molecule has 0 unspecified atom stereocenters. The largest absolute Gasteiger partial charge is 0.489 e. The number of benzene rings is 2. The van der Waals surface area contributed by atoms with Gasteiger partial charge >= 0.3 is 0 Å². The maximum absolute atomic E-state index is 8.85. The van der Waals surface area contributed by atoms with Crippen LogP contribution in [0, 0.1) is 0 Å². The van der Waals surface area contributed by atoms with Crippen molar-refractivity contribution in [3.63, 3.8) is 0 Å². The van der Waals surface area contributed by atoms with E-state index >= 15 is 0 Å². The highest BCUT2D eigenvalue weighted by atomic mass is 35.5. The molecule has 0 atom stereocenters. The fourth-order valence-corrected chi connectivity index (χ4v) is 3.03. The Kier molecular flexibility index (Phi) is 3.87. The van der Waals surface area contributed by atoms with Gasteiger partial charge in [0.2, 0.25) is 0 Å². The number of halogens is 1. The van der Waals surface area contributed by atoms with Gasteiger partial charge in [0.05, 0.1) is 11.3 Å². The van der Waals surface area contributed by atoms with Gasteiger partial charge < -0.3 is 9.84 Å². The molecule has 1 aromatic heterocycles. The van der Waals surface area contributed by atoms with Gasteiger partial charge in [-0.05, 0) is 24.3 Å². The van der Waals surface area contributed by atoms with Gasteiger partial charge in [-0.2, -0.15) is 0 Å². The second kappa shape index (κ2) is 5.79. The first-order chi connectivity index (χ1) is 9.78. The third kappa shape index (κ3) is 2.63. The molecule has 1 N–H and O–H groups in total. The first-order valence-corrected chi connectivity index (χ1v) is 7.36. The van der Waals surface area contributed by atoms with Crippen LogP contribution in [-0.2, 0) is 0 Å². The number of para-hydroxylation sites is 1. The molecule has 0 spiro atoms. The Labute approximate surface area is 125 Å². The van der Waals surface area contributed by atoms with Crippen molar-refractivity contribution in [2.45, 2.75) is 0 Å². The van der Waals surface area contributed by atoms with E-state index in [0.29, 0.717) is 10.8 Å². The second-order valence-electron chi connectivity index (χ2n) is 4.20. The van der Waals surface area contributed by atoms with Crippen LogP contribution in [-0.4, -0.2) is 23.3 Å². The number of aromatic nitrogens is 1. The first kappa shape index (κ1) is 13.4. The number of nitrogens with zero attached hydrogens (tertiary/aromatic N) is 1.